The molecule has 0 aliphatic rings. The van der Waals surface area contributed by atoms with Gasteiger partial charge in [0.25, 0.3) is 5.56 Å². The minimum atomic E-state index is -3.44. The molecule has 0 aliphatic carbocycles. The van der Waals surface area contributed by atoms with Crippen molar-refractivity contribution in [2.75, 3.05) is 17.6 Å². The van der Waals surface area contributed by atoms with Crippen LogP contribution in [0.5, 0.6) is 5.75 Å². The normalized spacial score (nSPS) is 11.5. The fourth-order valence-electron chi connectivity index (χ4n) is 2.69. The number of methoxy groups -OCH3 is 1. The summed E-state index contributed by atoms with van der Waals surface area (Å²) in [5.41, 5.74) is 1.29. The van der Waals surface area contributed by atoms with E-state index in [9.17, 15) is 13.2 Å². The van der Waals surface area contributed by atoms with Gasteiger partial charge in [0, 0.05) is 6.07 Å². The van der Waals surface area contributed by atoms with E-state index in [2.05, 4.69) is 9.71 Å². The van der Waals surface area contributed by atoms with Crippen LogP contribution in [-0.2, 0) is 10.0 Å². The third-order valence-electron chi connectivity index (χ3n) is 4.03. The van der Waals surface area contributed by atoms with Gasteiger partial charge in [0.05, 0.1) is 35.1 Å². The van der Waals surface area contributed by atoms with Gasteiger partial charge in [0.15, 0.2) is 0 Å². The lowest BCUT2D eigenvalue weighted by atomic mass is 10.2. The Labute approximate surface area is 151 Å². The van der Waals surface area contributed by atoms with Crippen molar-refractivity contribution in [1.82, 2.24) is 9.55 Å². The molecule has 0 aliphatic heterocycles. The predicted molar refractivity (Wildman–Crippen MR) is 102 cm³/mol. The summed E-state index contributed by atoms with van der Waals surface area (Å²) in [7, 11) is -2.00. The Hall–Kier alpha value is -2.87. The predicted octanol–water partition coefficient (Wildman–Crippen LogP) is 2.46. The van der Waals surface area contributed by atoms with Crippen LogP contribution in [0.25, 0.3) is 16.6 Å². The van der Waals surface area contributed by atoms with E-state index in [-0.39, 0.29) is 11.3 Å². The lowest BCUT2D eigenvalue weighted by Gasteiger charge is -2.15. The molecule has 0 bridgehead atoms. The highest BCUT2D eigenvalue weighted by atomic mass is 32.2. The van der Waals surface area contributed by atoms with Crippen LogP contribution in [0.3, 0.4) is 0 Å². The molecular weight excluding hydrogens is 354 g/mol. The topological polar surface area (TPSA) is 90.3 Å². The standard InChI is InChI=1S/C18H19N3O4S/c1-4-26(23,24)20-16-10-9-13(11-17(16)25-3)21-12(2)19-15-8-6-5-7-14(15)18(21)22/h5-11,20H,4H2,1-3H3. The highest BCUT2D eigenvalue weighted by Gasteiger charge is 2.15. The Morgan fingerprint density at radius 2 is 1.92 bits per heavy atom. The van der Waals surface area contributed by atoms with Gasteiger partial charge in [-0.2, -0.15) is 0 Å². The summed E-state index contributed by atoms with van der Waals surface area (Å²) >= 11 is 0. The fraction of sp³-hybridized carbons (Fsp3) is 0.222. The van der Waals surface area contributed by atoms with E-state index in [1.165, 1.54) is 11.7 Å². The van der Waals surface area contributed by atoms with Gasteiger partial charge in [-0.3, -0.25) is 14.1 Å². The molecule has 1 N–H and O–H groups in total. The Bertz CT molecular complexity index is 1140. The molecular formula is C18H19N3O4S. The number of aromatic nitrogens is 2. The van der Waals surface area contributed by atoms with E-state index >= 15 is 0 Å². The van der Waals surface area contributed by atoms with Crippen molar-refractivity contribution in [2.24, 2.45) is 0 Å². The number of anilines is 1. The zero-order chi connectivity index (χ0) is 18.9. The van der Waals surface area contributed by atoms with Gasteiger partial charge in [-0.15, -0.1) is 0 Å². The minimum Gasteiger partial charge on any atom is -0.494 e. The van der Waals surface area contributed by atoms with Gasteiger partial charge in [-0.1, -0.05) is 12.1 Å². The van der Waals surface area contributed by atoms with Gasteiger partial charge >= 0.3 is 0 Å². The van der Waals surface area contributed by atoms with E-state index in [0.717, 1.165) is 0 Å². The number of rotatable bonds is 5. The summed E-state index contributed by atoms with van der Waals surface area (Å²) in [6, 6.07) is 12.0. The van der Waals surface area contributed by atoms with E-state index in [1.807, 2.05) is 6.07 Å². The number of ether oxygens (including phenoxy) is 1. The molecule has 0 spiro atoms. The Kier molecular flexibility index (Phi) is 4.69. The molecule has 1 aromatic heterocycles. The van der Waals surface area contributed by atoms with Gasteiger partial charge in [-0.25, -0.2) is 13.4 Å². The molecule has 0 atom stereocenters. The smallest absolute Gasteiger partial charge is 0.265 e. The third-order valence-corrected chi connectivity index (χ3v) is 5.32. The average molecular weight is 373 g/mol. The molecule has 0 unspecified atom stereocenters. The summed E-state index contributed by atoms with van der Waals surface area (Å²) < 4.78 is 32.9. The van der Waals surface area contributed by atoms with Gasteiger partial charge in [-0.05, 0) is 38.1 Å². The monoisotopic (exact) mass is 373 g/mol. The molecule has 0 fully saturated rings. The number of fused-ring (bicyclic) bond motifs is 1. The first-order valence-corrected chi connectivity index (χ1v) is 9.69. The highest BCUT2D eigenvalue weighted by molar-refractivity contribution is 7.92. The summed E-state index contributed by atoms with van der Waals surface area (Å²) in [5, 5.41) is 0.507. The summed E-state index contributed by atoms with van der Waals surface area (Å²) in [6.45, 7) is 3.29. The molecule has 2 aromatic carbocycles. The number of sulfonamides is 1. The number of benzene rings is 2. The van der Waals surface area contributed by atoms with Crippen LogP contribution in [0.2, 0.25) is 0 Å². The average Bonchev–Trinajstić information content (AvgIpc) is 2.62. The zero-order valence-corrected chi connectivity index (χ0v) is 15.5. The van der Waals surface area contributed by atoms with Crippen LogP contribution in [0.1, 0.15) is 12.7 Å². The number of nitrogens with one attached hydrogen (secondary N) is 1. The Morgan fingerprint density at radius 3 is 2.62 bits per heavy atom. The quantitative estimate of drug-likeness (QED) is 0.742. The summed E-state index contributed by atoms with van der Waals surface area (Å²) in [6.07, 6.45) is 0. The van der Waals surface area contributed by atoms with Crippen LogP contribution >= 0.6 is 0 Å². The fourth-order valence-corrected chi connectivity index (χ4v) is 3.34. The van der Waals surface area contributed by atoms with Crippen LogP contribution in [0.4, 0.5) is 5.69 Å². The van der Waals surface area contributed by atoms with Crippen LogP contribution in [0, 0.1) is 6.92 Å². The molecule has 3 rings (SSSR count). The number of hydrogen-bond acceptors (Lipinski definition) is 5. The number of para-hydroxylation sites is 1. The number of nitrogens with zero attached hydrogens (tertiary/aromatic N) is 2. The van der Waals surface area contributed by atoms with E-state index in [1.54, 1.807) is 50.2 Å². The Balaban J connectivity index is 2.17. The van der Waals surface area contributed by atoms with Crippen LogP contribution in [-0.4, -0.2) is 30.8 Å². The van der Waals surface area contributed by atoms with E-state index < -0.39 is 10.0 Å². The third kappa shape index (κ3) is 3.28. The first-order chi connectivity index (χ1) is 12.4. The second-order valence-electron chi connectivity index (χ2n) is 5.71. The molecule has 7 nitrogen and oxygen atoms in total. The van der Waals surface area contributed by atoms with Gasteiger partial charge in [0.2, 0.25) is 10.0 Å². The Morgan fingerprint density at radius 1 is 1.19 bits per heavy atom. The maximum atomic E-state index is 12.9. The minimum absolute atomic E-state index is 0.0505. The van der Waals surface area contributed by atoms with E-state index in [4.69, 9.17) is 4.74 Å². The highest BCUT2D eigenvalue weighted by Crippen LogP contribution is 2.28. The molecule has 0 saturated carbocycles. The molecule has 0 radical (unpaired) electrons. The van der Waals surface area contributed by atoms with Crippen LogP contribution < -0.4 is 15.0 Å². The van der Waals surface area contributed by atoms with Crippen molar-refractivity contribution in [3.05, 3.63) is 58.6 Å². The molecule has 0 saturated heterocycles. The van der Waals surface area contributed by atoms with Gasteiger partial charge < -0.3 is 4.74 Å². The summed E-state index contributed by atoms with van der Waals surface area (Å²) in [5.74, 6) is 0.794. The number of hydrogen-bond donors (Lipinski definition) is 1. The molecule has 0 amide bonds. The molecule has 3 aromatic rings. The van der Waals surface area contributed by atoms with Crippen LogP contribution in [0.15, 0.2) is 47.3 Å². The zero-order valence-electron chi connectivity index (χ0n) is 14.7. The second-order valence-corrected chi connectivity index (χ2v) is 7.72. The van der Waals surface area contributed by atoms with Crippen molar-refractivity contribution in [3.8, 4) is 11.4 Å². The number of aryl methyl sites for hydroxylation is 1. The SMILES string of the molecule is CCS(=O)(=O)Nc1ccc(-n2c(C)nc3ccccc3c2=O)cc1OC. The summed E-state index contributed by atoms with van der Waals surface area (Å²) in [4.78, 5) is 17.4. The van der Waals surface area contributed by atoms with E-state index in [0.29, 0.717) is 33.9 Å². The largest absolute Gasteiger partial charge is 0.494 e. The van der Waals surface area contributed by atoms with Crippen molar-refractivity contribution >= 4 is 26.6 Å². The van der Waals surface area contributed by atoms with Crippen molar-refractivity contribution < 1.29 is 13.2 Å². The molecule has 136 valence electrons. The lowest BCUT2D eigenvalue weighted by Crippen LogP contribution is -2.22. The molecule has 26 heavy (non-hydrogen) atoms. The second kappa shape index (κ2) is 6.80. The maximum absolute atomic E-state index is 12.9. The van der Waals surface area contributed by atoms with Crippen molar-refractivity contribution in [1.29, 1.82) is 0 Å². The lowest BCUT2D eigenvalue weighted by molar-refractivity contribution is 0.416. The maximum Gasteiger partial charge on any atom is 0.265 e. The molecule has 1 heterocycles. The first-order valence-electron chi connectivity index (χ1n) is 8.03. The molecule has 8 heteroatoms. The first kappa shape index (κ1) is 17.9. The van der Waals surface area contributed by atoms with Gasteiger partial charge in [0.1, 0.15) is 11.6 Å². The van der Waals surface area contributed by atoms with Crippen molar-refractivity contribution in [3.63, 3.8) is 0 Å². The van der Waals surface area contributed by atoms with Crippen molar-refractivity contribution in [2.45, 2.75) is 13.8 Å².